The van der Waals surface area contributed by atoms with Crippen LogP contribution in [0.3, 0.4) is 0 Å². The minimum atomic E-state index is -0.191. The van der Waals surface area contributed by atoms with Gasteiger partial charge < -0.3 is 9.84 Å². The van der Waals surface area contributed by atoms with Crippen LogP contribution in [0.2, 0.25) is 0 Å². The smallest absolute Gasteiger partial charge is 0.237 e. The van der Waals surface area contributed by atoms with Gasteiger partial charge in [-0.15, -0.1) is 0 Å². The number of likely N-dealkylation sites (N-methyl/N-ethyl adjacent to an activating group) is 1. The van der Waals surface area contributed by atoms with Gasteiger partial charge in [0.25, 0.3) is 0 Å². The van der Waals surface area contributed by atoms with Gasteiger partial charge in [-0.1, -0.05) is 18.0 Å². The minimum Gasteiger partial charge on any atom is -0.352 e. The van der Waals surface area contributed by atoms with Gasteiger partial charge in [0.1, 0.15) is 0 Å². The molecular formula is C12H20N4O2. The van der Waals surface area contributed by atoms with E-state index in [4.69, 9.17) is 0 Å². The molecule has 1 fully saturated rings. The molecule has 2 rings (SSSR count). The summed E-state index contributed by atoms with van der Waals surface area (Å²) >= 11 is 0. The number of hydrogen-bond donors (Lipinski definition) is 1. The van der Waals surface area contributed by atoms with Gasteiger partial charge in [-0.2, -0.15) is 4.98 Å². The lowest BCUT2D eigenvalue weighted by Crippen LogP contribution is -2.46. The molecule has 1 saturated carbocycles. The van der Waals surface area contributed by atoms with Crippen molar-refractivity contribution in [3.63, 3.8) is 0 Å². The first-order chi connectivity index (χ1) is 8.66. The van der Waals surface area contributed by atoms with Crippen molar-refractivity contribution in [1.82, 2.24) is 20.4 Å². The highest BCUT2D eigenvalue weighted by molar-refractivity contribution is 5.81. The molecule has 1 aliphatic carbocycles. The highest BCUT2D eigenvalue weighted by atomic mass is 16.5. The fourth-order valence-corrected chi connectivity index (χ4v) is 2.21. The molecule has 1 amide bonds. The molecule has 18 heavy (non-hydrogen) atoms. The van der Waals surface area contributed by atoms with Crippen molar-refractivity contribution >= 4 is 5.91 Å². The van der Waals surface area contributed by atoms with E-state index in [0.29, 0.717) is 18.4 Å². The van der Waals surface area contributed by atoms with Crippen LogP contribution < -0.4 is 5.32 Å². The summed E-state index contributed by atoms with van der Waals surface area (Å²) in [6.07, 6.45) is 5.95. The number of aromatic nitrogens is 2. The lowest BCUT2D eigenvalue weighted by molar-refractivity contribution is -0.126. The van der Waals surface area contributed by atoms with Crippen LogP contribution >= 0.6 is 0 Å². The summed E-state index contributed by atoms with van der Waals surface area (Å²) in [4.78, 5) is 17.9. The molecule has 100 valence electrons. The molecule has 0 saturated heterocycles. The quantitative estimate of drug-likeness (QED) is 0.844. The van der Waals surface area contributed by atoms with Crippen LogP contribution in [0, 0.1) is 0 Å². The van der Waals surface area contributed by atoms with Crippen LogP contribution in [0.15, 0.2) is 10.9 Å². The van der Waals surface area contributed by atoms with Gasteiger partial charge in [0.05, 0.1) is 12.6 Å². The molecule has 1 aromatic heterocycles. The lowest BCUT2D eigenvalue weighted by atomic mass is 10.2. The van der Waals surface area contributed by atoms with Gasteiger partial charge >= 0.3 is 0 Å². The SMILES string of the molecule is C[C@H](C(=O)NC1CCCC1)N(C)Cc1ncon1. The van der Waals surface area contributed by atoms with Gasteiger partial charge in [0, 0.05) is 6.04 Å². The van der Waals surface area contributed by atoms with Gasteiger partial charge in [0.15, 0.2) is 5.82 Å². The third-order valence-corrected chi connectivity index (χ3v) is 3.54. The number of nitrogens with zero attached hydrogens (tertiary/aromatic N) is 3. The van der Waals surface area contributed by atoms with Gasteiger partial charge in [-0.3, -0.25) is 9.69 Å². The second kappa shape index (κ2) is 5.95. The molecule has 6 nitrogen and oxygen atoms in total. The standard InChI is InChI=1S/C12H20N4O2/c1-9(12(17)14-10-5-3-4-6-10)16(2)7-11-13-8-18-15-11/h8-10H,3-7H2,1-2H3,(H,14,17)/t9-/m1/s1. The molecular weight excluding hydrogens is 232 g/mol. The first kappa shape index (κ1) is 13.0. The van der Waals surface area contributed by atoms with E-state index in [0.717, 1.165) is 12.8 Å². The highest BCUT2D eigenvalue weighted by Crippen LogP contribution is 2.17. The maximum Gasteiger partial charge on any atom is 0.237 e. The molecule has 6 heteroatoms. The molecule has 1 heterocycles. The zero-order valence-corrected chi connectivity index (χ0v) is 10.9. The van der Waals surface area contributed by atoms with Crippen molar-refractivity contribution in [1.29, 1.82) is 0 Å². The van der Waals surface area contributed by atoms with E-state index in [2.05, 4.69) is 20.0 Å². The van der Waals surface area contributed by atoms with Crippen molar-refractivity contribution in [2.75, 3.05) is 7.05 Å². The maximum atomic E-state index is 12.1. The average molecular weight is 252 g/mol. The van der Waals surface area contributed by atoms with Gasteiger partial charge in [-0.25, -0.2) is 0 Å². The Morgan fingerprint density at radius 1 is 1.61 bits per heavy atom. The van der Waals surface area contributed by atoms with Crippen molar-refractivity contribution in [2.24, 2.45) is 0 Å². The highest BCUT2D eigenvalue weighted by Gasteiger charge is 2.23. The molecule has 0 aromatic carbocycles. The summed E-state index contributed by atoms with van der Waals surface area (Å²) in [6, 6.07) is 0.169. The Bertz CT molecular complexity index is 373. The number of amides is 1. The van der Waals surface area contributed by atoms with Crippen molar-refractivity contribution in [2.45, 2.75) is 51.2 Å². The Morgan fingerprint density at radius 2 is 2.33 bits per heavy atom. The summed E-state index contributed by atoms with van der Waals surface area (Å²) in [5.41, 5.74) is 0. The fourth-order valence-electron chi connectivity index (χ4n) is 2.21. The van der Waals surface area contributed by atoms with E-state index >= 15 is 0 Å². The fraction of sp³-hybridized carbons (Fsp3) is 0.750. The molecule has 0 aliphatic heterocycles. The molecule has 0 bridgehead atoms. The summed E-state index contributed by atoms with van der Waals surface area (Å²) in [5, 5.41) is 6.84. The maximum absolute atomic E-state index is 12.1. The van der Waals surface area contributed by atoms with Crippen LogP contribution in [-0.4, -0.2) is 40.1 Å². The van der Waals surface area contributed by atoms with E-state index < -0.39 is 0 Å². The lowest BCUT2D eigenvalue weighted by Gasteiger charge is -2.24. The Morgan fingerprint density at radius 3 is 2.94 bits per heavy atom. The predicted octanol–water partition coefficient (Wildman–Crippen LogP) is 0.949. The van der Waals surface area contributed by atoms with Crippen LogP contribution in [-0.2, 0) is 11.3 Å². The van der Waals surface area contributed by atoms with E-state index in [1.54, 1.807) is 0 Å². The summed E-state index contributed by atoms with van der Waals surface area (Å²) in [7, 11) is 1.88. The summed E-state index contributed by atoms with van der Waals surface area (Å²) < 4.78 is 4.67. The monoisotopic (exact) mass is 252 g/mol. The number of rotatable bonds is 5. The van der Waals surface area contributed by atoms with Gasteiger partial charge in [-0.05, 0) is 26.8 Å². The van der Waals surface area contributed by atoms with Crippen molar-refractivity contribution < 1.29 is 9.32 Å². The Hall–Kier alpha value is -1.43. The Balaban J connectivity index is 1.81. The molecule has 1 atom stereocenters. The number of carbonyl (C=O) groups excluding carboxylic acids is 1. The number of hydrogen-bond acceptors (Lipinski definition) is 5. The topological polar surface area (TPSA) is 71.3 Å². The molecule has 0 spiro atoms. The average Bonchev–Trinajstić information content (AvgIpc) is 3.01. The van der Waals surface area contributed by atoms with Crippen LogP contribution in [0.1, 0.15) is 38.4 Å². The van der Waals surface area contributed by atoms with Crippen molar-refractivity contribution in [3.8, 4) is 0 Å². The molecule has 0 unspecified atom stereocenters. The van der Waals surface area contributed by atoms with E-state index in [-0.39, 0.29) is 11.9 Å². The van der Waals surface area contributed by atoms with Crippen LogP contribution in [0.25, 0.3) is 0 Å². The second-order valence-electron chi connectivity index (χ2n) is 4.93. The first-order valence-electron chi connectivity index (χ1n) is 6.42. The normalized spacial score (nSPS) is 18.2. The zero-order chi connectivity index (χ0) is 13.0. The molecule has 0 radical (unpaired) electrons. The summed E-state index contributed by atoms with van der Waals surface area (Å²) in [5.74, 6) is 0.672. The van der Waals surface area contributed by atoms with E-state index in [9.17, 15) is 4.79 Å². The molecule has 1 N–H and O–H groups in total. The van der Waals surface area contributed by atoms with Crippen molar-refractivity contribution in [3.05, 3.63) is 12.2 Å². The zero-order valence-electron chi connectivity index (χ0n) is 10.9. The van der Waals surface area contributed by atoms with Crippen LogP contribution in [0.4, 0.5) is 0 Å². The van der Waals surface area contributed by atoms with Gasteiger partial charge in [0.2, 0.25) is 12.3 Å². The Kier molecular flexibility index (Phi) is 4.30. The van der Waals surface area contributed by atoms with E-state index in [1.165, 1.54) is 19.2 Å². The van der Waals surface area contributed by atoms with E-state index in [1.807, 2.05) is 18.9 Å². The van der Waals surface area contributed by atoms with Crippen LogP contribution in [0.5, 0.6) is 0 Å². The number of carbonyl (C=O) groups is 1. The molecule has 1 aromatic rings. The largest absolute Gasteiger partial charge is 0.352 e. The first-order valence-corrected chi connectivity index (χ1v) is 6.42. The third kappa shape index (κ3) is 3.29. The predicted molar refractivity (Wildman–Crippen MR) is 65.6 cm³/mol. The third-order valence-electron chi connectivity index (χ3n) is 3.54. The Labute approximate surface area is 107 Å². The number of nitrogens with one attached hydrogen (secondary N) is 1. The summed E-state index contributed by atoms with van der Waals surface area (Å²) in [6.45, 7) is 2.40. The minimum absolute atomic E-state index is 0.0768. The molecule has 1 aliphatic rings. The second-order valence-corrected chi connectivity index (χ2v) is 4.93.